The van der Waals surface area contributed by atoms with Gasteiger partial charge in [-0.15, -0.1) is 10.2 Å². The van der Waals surface area contributed by atoms with Gasteiger partial charge in [-0.3, -0.25) is 4.57 Å². The molecular weight excluding hydrogens is 374 g/mol. The molecule has 0 unspecified atom stereocenters. The molecule has 0 aliphatic rings. The number of nitrogens with zero attached hydrogens (tertiary/aromatic N) is 3. The Morgan fingerprint density at radius 1 is 1.18 bits per heavy atom. The van der Waals surface area contributed by atoms with Crippen molar-refractivity contribution < 1.29 is 8.42 Å². The first kappa shape index (κ1) is 12.7. The third-order valence-corrected chi connectivity index (χ3v) is 6.25. The average Bonchev–Trinajstić information content (AvgIpc) is 2.79. The van der Waals surface area contributed by atoms with Crippen LogP contribution in [0, 0.1) is 0 Å². The highest BCUT2D eigenvalue weighted by Crippen LogP contribution is 2.24. The molecular formula is C9H7Br2N3O2S. The molecule has 0 bridgehead atoms. The molecule has 0 amide bonds. The zero-order chi connectivity index (χ0) is 12.5. The van der Waals surface area contributed by atoms with Crippen LogP contribution >= 0.6 is 31.9 Å². The van der Waals surface area contributed by atoms with Crippen molar-refractivity contribution in [3.05, 3.63) is 36.7 Å². The van der Waals surface area contributed by atoms with Gasteiger partial charge in [-0.2, -0.15) is 0 Å². The number of sulfone groups is 1. The van der Waals surface area contributed by atoms with Crippen LogP contribution < -0.4 is 0 Å². The summed E-state index contributed by atoms with van der Waals surface area (Å²) in [5.41, 5.74) is 0.691. The molecule has 0 N–H and O–H groups in total. The van der Waals surface area contributed by atoms with Crippen LogP contribution in [0.1, 0.15) is 0 Å². The van der Waals surface area contributed by atoms with Gasteiger partial charge in [-0.25, -0.2) is 8.42 Å². The second kappa shape index (κ2) is 4.87. The first-order valence-corrected chi connectivity index (χ1v) is 7.89. The maximum atomic E-state index is 12.0. The largest absolute Gasteiger partial charge is 0.272 e. The van der Waals surface area contributed by atoms with E-state index in [-0.39, 0.29) is 5.16 Å². The molecule has 5 nitrogen and oxygen atoms in total. The van der Waals surface area contributed by atoms with Crippen LogP contribution in [0.3, 0.4) is 0 Å². The molecule has 1 aromatic heterocycles. The molecule has 0 saturated heterocycles. The summed E-state index contributed by atoms with van der Waals surface area (Å²) in [6, 6.07) is 9.02. The van der Waals surface area contributed by atoms with Gasteiger partial charge >= 0.3 is 0 Å². The second-order valence-electron chi connectivity index (χ2n) is 3.12. The normalized spacial score (nSPS) is 11.9. The molecule has 2 aromatic rings. The maximum Gasteiger partial charge on any atom is 0.256 e. The lowest BCUT2D eigenvalue weighted by Gasteiger charge is -2.07. The number of aromatic nitrogens is 3. The van der Waals surface area contributed by atoms with Crippen molar-refractivity contribution in [1.29, 1.82) is 0 Å². The first-order valence-electron chi connectivity index (χ1n) is 4.51. The van der Waals surface area contributed by atoms with E-state index in [9.17, 15) is 8.42 Å². The highest BCUT2D eigenvalue weighted by molar-refractivity contribution is 9.27. The minimum atomic E-state index is -3.59. The molecule has 2 rings (SSSR count). The van der Waals surface area contributed by atoms with Gasteiger partial charge in [0, 0.05) is 5.69 Å². The Morgan fingerprint density at radius 3 is 2.41 bits per heavy atom. The number of para-hydroxylation sites is 1. The Labute approximate surface area is 115 Å². The van der Waals surface area contributed by atoms with Gasteiger partial charge in [0.05, 0.1) is 0 Å². The van der Waals surface area contributed by atoms with Crippen molar-refractivity contribution in [2.24, 2.45) is 0 Å². The van der Waals surface area contributed by atoms with Crippen molar-refractivity contribution in [3.8, 4) is 5.69 Å². The molecule has 0 spiro atoms. The monoisotopic (exact) mass is 379 g/mol. The van der Waals surface area contributed by atoms with Crippen LogP contribution in [0.15, 0.2) is 41.8 Å². The van der Waals surface area contributed by atoms with E-state index in [4.69, 9.17) is 0 Å². The van der Waals surface area contributed by atoms with Crippen molar-refractivity contribution in [2.45, 2.75) is 8.22 Å². The van der Waals surface area contributed by atoms with Crippen molar-refractivity contribution in [1.82, 2.24) is 14.8 Å². The summed E-state index contributed by atoms with van der Waals surface area (Å²) >= 11 is 5.94. The Balaban J connectivity index is 2.58. The van der Waals surface area contributed by atoms with Crippen LogP contribution in [0.5, 0.6) is 0 Å². The van der Waals surface area contributed by atoms with Gasteiger partial charge in [-0.1, -0.05) is 50.1 Å². The summed E-state index contributed by atoms with van der Waals surface area (Å²) in [4.78, 5) is 0. The number of alkyl halides is 2. The SMILES string of the molecule is O=S(=O)(c1nncn1-c1ccccc1)C(Br)Br. The molecule has 90 valence electrons. The van der Waals surface area contributed by atoms with Crippen LogP contribution in [0.4, 0.5) is 0 Å². The Bertz CT molecular complexity index is 610. The van der Waals surface area contributed by atoms with E-state index in [0.29, 0.717) is 5.69 Å². The van der Waals surface area contributed by atoms with E-state index in [1.807, 2.05) is 18.2 Å². The fourth-order valence-electron chi connectivity index (χ4n) is 1.26. The Hall–Kier alpha value is -0.730. The summed E-state index contributed by atoms with van der Waals surface area (Å²) < 4.78 is 24.5. The fourth-order valence-corrected chi connectivity index (χ4v) is 3.01. The van der Waals surface area contributed by atoms with E-state index in [1.54, 1.807) is 12.1 Å². The van der Waals surface area contributed by atoms with E-state index in [2.05, 4.69) is 42.1 Å². The van der Waals surface area contributed by atoms with Gasteiger partial charge in [0.25, 0.3) is 5.16 Å². The molecule has 0 aliphatic heterocycles. The number of hydrogen-bond donors (Lipinski definition) is 0. The lowest BCUT2D eigenvalue weighted by molar-refractivity contribution is 0.587. The van der Waals surface area contributed by atoms with E-state index < -0.39 is 12.9 Å². The Morgan fingerprint density at radius 2 is 1.82 bits per heavy atom. The molecule has 0 aliphatic carbocycles. The topological polar surface area (TPSA) is 64.8 Å². The number of rotatable bonds is 3. The van der Waals surface area contributed by atoms with E-state index >= 15 is 0 Å². The van der Waals surface area contributed by atoms with Crippen molar-refractivity contribution in [3.63, 3.8) is 0 Å². The molecule has 17 heavy (non-hydrogen) atoms. The van der Waals surface area contributed by atoms with Crippen LogP contribution in [0.2, 0.25) is 0 Å². The average molecular weight is 381 g/mol. The molecule has 0 radical (unpaired) electrons. The maximum absolute atomic E-state index is 12.0. The summed E-state index contributed by atoms with van der Waals surface area (Å²) in [5, 5.41) is 7.18. The highest BCUT2D eigenvalue weighted by atomic mass is 79.9. The molecule has 0 fully saturated rings. The van der Waals surface area contributed by atoms with Gasteiger partial charge in [0.1, 0.15) is 6.33 Å². The van der Waals surface area contributed by atoms with Gasteiger partial charge in [0.2, 0.25) is 9.84 Å². The quantitative estimate of drug-likeness (QED) is 0.765. The Kier molecular flexibility index (Phi) is 3.64. The molecule has 8 heteroatoms. The van der Waals surface area contributed by atoms with Crippen molar-refractivity contribution in [2.75, 3.05) is 0 Å². The molecule has 0 atom stereocenters. The van der Waals surface area contributed by atoms with Gasteiger partial charge < -0.3 is 0 Å². The summed E-state index contributed by atoms with van der Waals surface area (Å²) in [7, 11) is -3.59. The highest BCUT2D eigenvalue weighted by Gasteiger charge is 2.28. The standard InChI is InChI=1S/C9H7Br2N3O2S/c10-8(11)17(15,16)9-13-12-6-14(9)7-4-2-1-3-5-7/h1-6,8H. The summed E-state index contributed by atoms with van der Waals surface area (Å²) in [6.45, 7) is 0. The molecule has 0 saturated carbocycles. The zero-order valence-electron chi connectivity index (χ0n) is 8.36. The number of benzene rings is 1. The predicted molar refractivity (Wildman–Crippen MR) is 70.2 cm³/mol. The lowest BCUT2D eigenvalue weighted by atomic mass is 10.3. The predicted octanol–water partition coefficient (Wildman–Crippen LogP) is 2.11. The first-order chi connectivity index (χ1) is 8.03. The third-order valence-electron chi connectivity index (χ3n) is 2.04. The van der Waals surface area contributed by atoms with Gasteiger partial charge in [-0.05, 0) is 12.1 Å². The van der Waals surface area contributed by atoms with Gasteiger partial charge in [0.15, 0.2) is 3.07 Å². The fraction of sp³-hybridized carbons (Fsp3) is 0.111. The second-order valence-corrected chi connectivity index (χ2v) is 9.32. The smallest absolute Gasteiger partial charge is 0.256 e. The van der Waals surface area contributed by atoms with E-state index in [0.717, 1.165) is 0 Å². The lowest BCUT2D eigenvalue weighted by Crippen LogP contribution is -2.14. The summed E-state index contributed by atoms with van der Waals surface area (Å²) in [6.07, 6.45) is 1.37. The van der Waals surface area contributed by atoms with Crippen LogP contribution in [-0.4, -0.2) is 26.3 Å². The van der Waals surface area contributed by atoms with Crippen molar-refractivity contribution >= 4 is 41.7 Å². The minimum absolute atomic E-state index is 0.109. The molecule has 1 heterocycles. The zero-order valence-corrected chi connectivity index (χ0v) is 12.4. The van der Waals surface area contributed by atoms with Crippen LogP contribution in [-0.2, 0) is 9.84 Å². The number of hydrogen-bond acceptors (Lipinski definition) is 4. The third kappa shape index (κ3) is 2.43. The number of halogens is 2. The minimum Gasteiger partial charge on any atom is -0.272 e. The molecule has 1 aromatic carbocycles. The van der Waals surface area contributed by atoms with E-state index in [1.165, 1.54) is 10.9 Å². The van der Waals surface area contributed by atoms with Crippen LogP contribution in [0.25, 0.3) is 5.69 Å². The summed E-state index contributed by atoms with van der Waals surface area (Å²) in [5.74, 6) is 0.